The van der Waals surface area contributed by atoms with Crippen LogP contribution in [0.4, 0.5) is 13.2 Å². The first-order valence-electron chi connectivity index (χ1n) is 5.68. The molecule has 1 rings (SSSR count). The summed E-state index contributed by atoms with van der Waals surface area (Å²) in [7, 11) is 0. The van der Waals surface area contributed by atoms with Gasteiger partial charge in [0.05, 0.1) is 5.56 Å². The number of nitrogens with zero attached hydrogens (tertiary/aromatic N) is 1. The summed E-state index contributed by atoms with van der Waals surface area (Å²) in [5.41, 5.74) is -1.21. The number of hydrogen-bond donors (Lipinski definition) is 0. The summed E-state index contributed by atoms with van der Waals surface area (Å²) < 4.78 is 38.6. The first kappa shape index (κ1) is 15.1. The van der Waals surface area contributed by atoms with E-state index in [9.17, 15) is 18.0 Å². The van der Waals surface area contributed by atoms with Crippen molar-refractivity contribution in [2.24, 2.45) is 5.92 Å². The molecule has 0 bridgehead atoms. The Kier molecular flexibility index (Phi) is 5.26. The van der Waals surface area contributed by atoms with Crippen molar-refractivity contribution in [3.63, 3.8) is 0 Å². The van der Waals surface area contributed by atoms with Crippen LogP contribution >= 0.6 is 11.6 Å². The van der Waals surface area contributed by atoms with E-state index in [4.69, 9.17) is 11.6 Å². The second-order valence-corrected chi connectivity index (χ2v) is 4.70. The second kappa shape index (κ2) is 6.27. The van der Waals surface area contributed by atoms with Gasteiger partial charge in [-0.1, -0.05) is 6.92 Å². The lowest BCUT2D eigenvalue weighted by Crippen LogP contribution is -2.22. The zero-order chi connectivity index (χ0) is 13.8. The van der Waals surface area contributed by atoms with Crippen LogP contribution in [0.25, 0.3) is 0 Å². The van der Waals surface area contributed by atoms with Crippen LogP contribution in [0, 0.1) is 5.92 Å². The third-order valence-electron chi connectivity index (χ3n) is 2.78. The Labute approximate surface area is 108 Å². The maximum atomic E-state index is 12.5. The van der Waals surface area contributed by atoms with E-state index in [1.807, 2.05) is 6.92 Å². The highest BCUT2D eigenvalue weighted by molar-refractivity contribution is 6.17. The minimum absolute atomic E-state index is 0.279. The minimum Gasteiger partial charge on any atom is -0.315 e. The molecule has 0 aliphatic carbocycles. The van der Waals surface area contributed by atoms with Crippen LogP contribution < -0.4 is 5.56 Å². The zero-order valence-corrected chi connectivity index (χ0v) is 10.8. The van der Waals surface area contributed by atoms with Gasteiger partial charge < -0.3 is 4.57 Å². The SMILES string of the molecule is CC(CCCl)CCn1cc(C(F)(F)F)ccc1=O. The number of aromatic nitrogens is 1. The number of pyridine rings is 1. The number of aryl methyl sites for hydroxylation is 1. The van der Waals surface area contributed by atoms with E-state index in [1.165, 1.54) is 0 Å². The summed E-state index contributed by atoms with van der Waals surface area (Å²) in [6, 6.07) is 1.76. The molecule has 0 saturated carbocycles. The molecule has 0 saturated heterocycles. The average molecular weight is 282 g/mol. The Hall–Kier alpha value is -0.970. The molecule has 1 aromatic rings. The third kappa shape index (κ3) is 4.37. The summed E-state index contributed by atoms with van der Waals surface area (Å²) in [5.74, 6) is 0.794. The van der Waals surface area contributed by atoms with E-state index in [0.717, 1.165) is 29.3 Å². The van der Waals surface area contributed by atoms with Gasteiger partial charge in [0.1, 0.15) is 0 Å². The predicted octanol–water partition coefficient (Wildman–Crippen LogP) is 3.52. The normalized spacial score (nSPS) is 13.6. The van der Waals surface area contributed by atoms with E-state index in [1.54, 1.807) is 0 Å². The molecular formula is C12H15ClF3NO. The second-order valence-electron chi connectivity index (χ2n) is 4.32. The summed E-state index contributed by atoms with van der Waals surface area (Å²) in [4.78, 5) is 11.4. The molecule has 102 valence electrons. The molecule has 0 fully saturated rings. The lowest BCUT2D eigenvalue weighted by Gasteiger charge is -2.13. The molecule has 1 aromatic heterocycles. The number of rotatable bonds is 5. The molecule has 1 atom stereocenters. The summed E-state index contributed by atoms with van der Waals surface area (Å²) in [5, 5.41) is 0. The highest BCUT2D eigenvalue weighted by atomic mass is 35.5. The Bertz CT molecular complexity index is 442. The lowest BCUT2D eigenvalue weighted by atomic mass is 10.1. The van der Waals surface area contributed by atoms with Crippen LogP contribution in [0.1, 0.15) is 25.3 Å². The molecule has 0 N–H and O–H groups in total. The maximum Gasteiger partial charge on any atom is 0.417 e. The highest BCUT2D eigenvalue weighted by Crippen LogP contribution is 2.28. The van der Waals surface area contributed by atoms with Gasteiger partial charge in [0.25, 0.3) is 5.56 Å². The molecule has 0 aliphatic rings. The van der Waals surface area contributed by atoms with Gasteiger partial charge in [0, 0.05) is 24.7 Å². The Morgan fingerprint density at radius 3 is 2.56 bits per heavy atom. The molecular weight excluding hydrogens is 267 g/mol. The monoisotopic (exact) mass is 281 g/mol. The average Bonchev–Trinajstić information content (AvgIpc) is 2.26. The molecule has 1 unspecified atom stereocenters. The third-order valence-corrected chi connectivity index (χ3v) is 2.99. The van der Waals surface area contributed by atoms with Crippen molar-refractivity contribution in [3.05, 3.63) is 34.2 Å². The summed E-state index contributed by atoms with van der Waals surface area (Å²) in [6.45, 7) is 2.24. The fraction of sp³-hybridized carbons (Fsp3) is 0.583. The Balaban J connectivity index is 2.79. The van der Waals surface area contributed by atoms with Crippen LogP contribution in [-0.4, -0.2) is 10.4 Å². The van der Waals surface area contributed by atoms with Crippen LogP contribution in [0.5, 0.6) is 0 Å². The number of alkyl halides is 4. The van der Waals surface area contributed by atoms with Gasteiger partial charge in [0.2, 0.25) is 0 Å². The van der Waals surface area contributed by atoms with Crippen molar-refractivity contribution < 1.29 is 13.2 Å². The van der Waals surface area contributed by atoms with Crippen molar-refractivity contribution in [2.75, 3.05) is 5.88 Å². The Morgan fingerprint density at radius 1 is 1.33 bits per heavy atom. The summed E-state index contributed by atoms with van der Waals surface area (Å²) in [6.07, 6.45) is -2.13. The van der Waals surface area contributed by atoms with Crippen molar-refractivity contribution in [3.8, 4) is 0 Å². The lowest BCUT2D eigenvalue weighted by molar-refractivity contribution is -0.138. The minimum atomic E-state index is -4.42. The highest BCUT2D eigenvalue weighted by Gasteiger charge is 2.30. The fourth-order valence-corrected chi connectivity index (χ4v) is 1.94. The van der Waals surface area contributed by atoms with Crippen LogP contribution in [0.15, 0.2) is 23.1 Å². The quantitative estimate of drug-likeness (QED) is 0.757. The van der Waals surface area contributed by atoms with Gasteiger partial charge >= 0.3 is 6.18 Å². The summed E-state index contributed by atoms with van der Waals surface area (Å²) >= 11 is 5.58. The molecule has 0 spiro atoms. The van der Waals surface area contributed by atoms with Crippen LogP contribution in [0.3, 0.4) is 0 Å². The van der Waals surface area contributed by atoms with E-state index in [-0.39, 0.29) is 12.5 Å². The first-order chi connectivity index (χ1) is 8.34. The van der Waals surface area contributed by atoms with Crippen molar-refractivity contribution in [2.45, 2.75) is 32.5 Å². The van der Waals surface area contributed by atoms with Crippen molar-refractivity contribution in [1.82, 2.24) is 4.57 Å². The largest absolute Gasteiger partial charge is 0.417 e. The molecule has 1 heterocycles. The van der Waals surface area contributed by atoms with Gasteiger partial charge in [0.15, 0.2) is 0 Å². The Morgan fingerprint density at radius 2 is 2.00 bits per heavy atom. The molecule has 0 aliphatic heterocycles. The van der Waals surface area contributed by atoms with E-state index in [2.05, 4.69) is 0 Å². The first-order valence-corrected chi connectivity index (χ1v) is 6.21. The van der Waals surface area contributed by atoms with Gasteiger partial charge in [-0.3, -0.25) is 4.79 Å². The maximum absolute atomic E-state index is 12.5. The van der Waals surface area contributed by atoms with Gasteiger partial charge in [-0.2, -0.15) is 13.2 Å². The van der Waals surface area contributed by atoms with Crippen molar-refractivity contribution in [1.29, 1.82) is 0 Å². The van der Waals surface area contributed by atoms with Gasteiger partial charge in [-0.15, -0.1) is 11.6 Å². The predicted molar refractivity (Wildman–Crippen MR) is 64.8 cm³/mol. The molecule has 2 nitrogen and oxygen atoms in total. The zero-order valence-electron chi connectivity index (χ0n) is 10.0. The van der Waals surface area contributed by atoms with Gasteiger partial charge in [-0.25, -0.2) is 0 Å². The molecule has 6 heteroatoms. The number of halogens is 4. The molecule has 0 radical (unpaired) electrons. The van der Waals surface area contributed by atoms with Crippen LogP contribution in [-0.2, 0) is 12.7 Å². The van der Waals surface area contributed by atoms with Crippen molar-refractivity contribution >= 4 is 11.6 Å². The van der Waals surface area contributed by atoms with E-state index in [0.29, 0.717) is 12.3 Å². The smallest absolute Gasteiger partial charge is 0.315 e. The molecule has 0 amide bonds. The standard InChI is InChI=1S/C12H15ClF3NO/c1-9(4-6-13)5-7-17-8-10(12(14,15)16)2-3-11(17)18/h2-3,8-9H,4-7H2,1H3. The topological polar surface area (TPSA) is 22.0 Å². The van der Waals surface area contributed by atoms with Gasteiger partial charge in [-0.05, 0) is 24.8 Å². The molecule has 18 heavy (non-hydrogen) atoms. The van der Waals surface area contributed by atoms with E-state index >= 15 is 0 Å². The number of hydrogen-bond acceptors (Lipinski definition) is 1. The fourth-order valence-electron chi connectivity index (χ4n) is 1.56. The van der Waals surface area contributed by atoms with Crippen LogP contribution in [0.2, 0.25) is 0 Å². The molecule has 0 aromatic carbocycles. The van der Waals surface area contributed by atoms with E-state index < -0.39 is 17.3 Å².